The second-order valence-corrected chi connectivity index (χ2v) is 7.28. The van der Waals surface area contributed by atoms with Crippen LogP contribution in [0.4, 0.5) is 0 Å². The molecule has 1 N–H and O–H groups in total. The number of nitrogens with one attached hydrogen (secondary N) is 1. The van der Waals surface area contributed by atoms with Crippen LogP contribution < -0.4 is 10.1 Å². The van der Waals surface area contributed by atoms with E-state index in [0.29, 0.717) is 50.8 Å². The molecule has 0 radical (unpaired) electrons. The van der Waals surface area contributed by atoms with Gasteiger partial charge in [0.25, 0.3) is 5.91 Å². The number of furan rings is 1. The molecule has 2 aliphatic rings. The average Bonchev–Trinajstić information content (AvgIpc) is 3.26. The maximum Gasteiger partial charge on any atom is 0.289 e. The van der Waals surface area contributed by atoms with Crippen LogP contribution in [-0.2, 0) is 11.2 Å². The van der Waals surface area contributed by atoms with Crippen LogP contribution >= 0.6 is 0 Å². The van der Waals surface area contributed by atoms with Crippen molar-refractivity contribution in [2.75, 3.05) is 26.2 Å². The predicted molar refractivity (Wildman–Crippen MR) is 99.5 cm³/mol. The molecule has 1 saturated heterocycles. The molecule has 1 unspecified atom stereocenters. The lowest BCUT2D eigenvalue weighted by Crippen LogP contribution is -2.44. The molecule has 4 rings (SSSR count). The zero-order valence-electron chi connectivity index (χ0n) is 15.2. The number of nitrogens with zero attached hydrogens (tertiary/aromatic N) is 1. The first-order valence-corrected chi connectivity index (χ1v) is 9.52. The quantitative estimate of drug-likeness (QED) is 0.900. The van der Waals surface area contributed by atoms with Crippen LogP contribution in [0, 0.1) is 11.8 Å². The van der Waals surface area contributed by atoms with E-state index in [2.05, 4.69) is 11.4 Å². The van der Waals surface area contributed by atoms with Crippen LogP contribution in [-0.4, -0.2) is 43.0 Å². The number of para-hydroxylation sites is 1. The molecule has 1 atom stereocenters. The van der Waals surface area contributed by atoms with Gasteiger partial charge in [0.1, 0.15) is 5.75 Å². The first-order valence-electron chi connectivity index (χ1n) is 9.52. The monoisotopic (exact) mass is 368 g/mol. The minimum atomic E-state index is -0.100. The number of amides is 2. The van der Waals surface area contributed by atoms with Crippen molar-refractivity contribution in [2.24, 2.45) is 11.8 Å². The summed E-state index contributed by atoms with van der Waals surface area (Å²) in [6.07, 6.45) is 3.79. The van der Waals surface area contributed by atoms with E-state index >= 15 is 0 Å². The second-order valence-electron chi connectivity index (χ2n) is 7.28. The van der Waals surface area contributed by atoms with E-state index in [-0.39, 0.29) is 17.7 Å². The molecule has 1 fully saturated rings. The number of likely N-dealkylation sites (tertiary alicyclic amines) is 1. The van der Waals surface area contributed by atoms with Gasteiger partial charge >= 0.3 is 0 Å². The number of benzene rings is 1. The molecular formula is C21H24N2O4. The molecule has 27 heavy (non-hydrogen) atoms. The van der Waals surface area contributed by atoms with Gasteiger partial charge in [-0.15, -0.1) is 0 Å². The molecule has 0 aliphatic carbocycles. The van der Waals surface area contributed by atoms with E-state index in [4.69, 9.17) is 9.15 Å². The van der Waals surface area contributed by atoms with E-state index in [0.717, 1.165) is 12.2 Å². The Morgan fingerprint density at radius 2 is 1.93 bits per heavy atom. The van der Waals surface area contributed by atoms with Gasteiger partial charge in [-0.25, -0.2) is 0 Å². The van der Waals surface area contributed by atoms with Crippen LogP contribution in [0.5, 0.6) is 5.75 Å². The Morgan fingerprint density at radius 3 is 2.70 bits per heavy atom. The first-order chi connectivity index (χ1) is 13.2. The van der Waals surface area contributed by atoms with E-state index < -0.39 is 0 Å². The normalized spacial score (nSPS) is 19.9. The Bertz CT molecular complexity index is 794. The first kappa shape index (κ1) is 17.6. The molecule has 0 saturated carbocycles. The van der Waals surface area contributed by atoms with Gasteiger partial charge in [0, 0.05) is 31.5 Å². The number of hydrogen-bond acceptors (Lipinski definition) is 4. The third-order valence-corrected chi connectivity index (χ3v) is 5.41. The molecule has 2 aromatic rings. The van der Waals surface area contributed by atoms with Gasteiger partial charge in [-0.3, -0.25) is 9.59 Å². The largest absolute Gasteiger partial charge is 0.493 e. The van der Waals surface area contributed by atoms with E-state index in [1.165, 1.54) is 11.8 Å². The summed E-state index contributed by atoms with van der Waals surface area (Å²) in [7, 11) is 0. The molecule has 6 heteroatoms. The number of carbonyl (C=O) groups excluding carboxylic acids is 2. The smallest absolute Gasteiger partial charge is 0.289 e. The highest BCUT2D eigenvalue weighted by molar-refractivity contribution is 5.91. The maximum absolute atomic E-state index is 12.5. The summed E-state index contributed by atoms with van der Waals surface area (Å²) < 4.78 is 11.0. The number of hydrogen-bond donors (Lipinski definition) is 1. The summed E-state index contributed by atoms with van der Waals surface area (Å²) in [6.45, 7) is 2.42. The van der Waals surface area contributed by atoms with Crippen LogP contribution in [0.1, 0.15) is 29.0 Å². The van der Waals surface area contributed by atoms with Gasteiger partial charge in [0.05, 0.1) is 12.9 Å². The standard InChI is InChI=1S/C21H24N2O4/c24-20(22-13-15-12-17-4-1-2-5-18(17)27-14-15)16-7-9-23(10-8-16)21(25)19-6-3-11-26-19/h1-6,11,15-16H,7-10,12-14H2,(H,22,24). The number of carbonyl (C=O) groups is 2. The lowest BCUT2D eigenvalue weighted by Gasteiger charge is -2.31. The van der Waals surface area contributed by atoms with Crippen molar-refractivity contribution in [1.29, 1.82) is 0 Å². The third kappa shape index (κ3) is 3.99. The topological polar surface area (TPSA) is 71.8 Å². The highest BCUT2D eigenvalue weighted by Gasteiger charge is 2.29. The highest BCUT2D eigenvalue weighted by atomic mass is 16.5. The fourth-order valence-electron chi connectivity index (χ4n) is 3.81. The Morgan fingerprint density at radius 1 is 1.11 bits per heavy atom. The second kappa shape index (κ2) is 7.86. The molecule has 0 spiro atoms. The van der Waals surface area contributed by atoms with Crippen LogP contribution in [0.3, 0.4) is 0 Å². The zero-order valence-corrected chi connectivity index (χ0v) is 15.2. The Kier molecular flexibility index (Phi) is 5.14. The van der Waals surface area contributed by atoms with E-state index in [1.807, 2.05) is 18.2 Å². The highest BCUT2D eigenvalue weighted by Crippen LogP contribution is 2.26. The minimum Gasteiger partial charge on any atom is -0.493 e. The fourth-order valence-corrected chi connectivity index (χ4v) is 3.81. The molecule has 2 amide bonds. The Balaban J connectivity index is 1.23. The predicted octanol–water partition coefficient (Wildman–Crippen LogP) is 2.50. The van der Waals surface area contributed by atoms with Crippen molar-refractivity contribution >= 4 is 11.8 Å². The molecule has 1 aromatic heterocycles. The average molecular weight is 368 g/mol. The maximum atomic E-state index is 12.5. The van der Waals surface area contributed by atoms with Crippen molar-refractivity contribution in [1.82, 2.24) is 10.2 Å². The van der Waals surface area contributed by atoms with Gasteiger partial charge in [-0.05, 0) is 43.0 Å². The zero-order chi connectivity index (χ0) is 18.6. The number of rotatable bonds is 4. The molecule has 142 valence electrons. The van der Waals surface area contributed by atoms with Gasteiger partial charge in [-0.2, -0.15) is 0 Å². The summed E-state index contributed by atoms with van der Waals surface area (Å²) in [5, 5.41) is 3.08. The lowest BCUT2D eigenvalue weighted by molar-refractivity contribution is -0.126. The molecule has 2 aliphatic heterocycles. The number of ether oxygens (including phenoxy) is 1. The lowest BCUT2D eigenvalue weighted by atomic mass is 9.94. The van der Waals surface area contributed by atoms with Crippen molar-refractivity contribution in [3.8, 4) is 5.75 Å². The molecular weight excluding hydrogens is 344 g/mol. The SMILES string of the molecule is O=C(NCC1COc2ccccc2C1)C1CCN(C(=O)c2ccco2)CC1. The van der Waals surface area contributed by atoms with Crippen molar-refractivity contribution in [3.63, 3.8) is 0 Å². The van der Waals surface area contributed by atoms with Crippen LogP contribution in [0.2, 0.25) is 0 Å². The van der Waals surface area contributed by atoms with Gasteiger partial charge in [0.2, 0.25) is 5.91 Å². The summed E-state index contributed by atoms with van der Waals surface area (Å²) in [4.78, 5) is 26.6. The number of fused-ring (bicyclic) bond motifs is 1. The summed E-state index contributed by atoms with van der Waals surface area (Å²) in [6, 6.07) is 11.4. The third-order valence-electron chi connectivity index (χ3n) is 5.41. The molecule has 6 nitrogen and oxygen atoms in total. The van der Waals surface area contributed by atoms with Crippen LogP contribution in [0.15, 0.2) is 47.1 Å². The molecule has 1 aromatic carbocycles. The molecule has 3 heterocycles. The van der Waals surface area contributed by atoms with Gasteiger partial charge in [0.15, 0.2) is 5.76 Å². The Hall–Kier alpha value is -2.76. The summed E-state index contributed by atoms with van der Waals surface area (Å²) in [5.74, 6) is 1.55. The van der Waals surface area contributed by atoms with Crippen molar-refractivity contribution in [3.05, 3.63) is 54.0 Å². The molecule has 0 bridgehead atoms. The van der Waals surface area contributed by atoms with Crippen molar-refractivity contribution < 1.29 is 18.7 Å². The summed E-state index contributed by atoms with van der Waals surface area (Å²) >= 11 is 0. The van der Waals surface area contributed by atoms with Crippen molar-refractivity contribution in [2.45, 2.75) is 19.3 Å². The Labute approximate surface area is 158 Å². The van der Waals surface area contributed by atoms with Gasteiger partial charge in [-0.1, -0.05) is 18.2 Å². The summed E-state index contributed by atoms with van der Waals surface area (Å²) in [5.41, 5.74) is 1.20. The number of piperidine rings is 1. The minimum absolute atomic E-state index is 0.0394. The van der Waals surface area contributed by atoms with Gasteiger partial charge < -0.3 is 19.4 Å². The van der Waals surface area contributed by atoms with Crippen LogP contribution in [0.25, 0.3) is 0 Å². The fraction of sp³-hybridized carbons (Fsp3) is 0.429. The van der Waals surface area contributed by atoms with E-state index in [9.17, 15) is 9.59 Å². The van der Waals surface area contributed by atoms with E-state index in [1.54, 1.807) is 17.0 Å².